The quantitative estimate of drug-likeness (QED) is 0.781. The standard InChI is InChI=1S/C17H25ClN4O2/c1-17(2,3)21-16(24)20-12-4-5-14(18)13(8-12)15(23)22-7-6-11(9-19)10-22/h4-5,8,11H,6-7,9-10,19H2,1-3H3,(H2,20,21,24). The summed E-state index contributed by atoms with van der Waals surface area (Å²) in [7, 11) is 0. The average Bonchev–Trinajstić information content (AvgIpc) is 2.95. The molecule has 4 N–H and O–H groups in total. The number of anilines is 1. The van der Waals surface area contributed by atoms with Gasteiger partial charge in [-0.25, -0.2) is 4.79 Å². The van der Waals surface area contributed by atoms with Crippen molar-refractivity contribution in [2.24, 2.45) is 11.7 Å². The van der Waals surface area contributed by atoms with Crippen molar-refractivity contribution in [3.8, 4) is 0 Å². The lowest BCUT2D eigenvalue weighted by atomic mass is 10.1. The Bertz CT molecular complexity index is 628. The number of halogens is 1. The maximum Gasteiger partial charge on any atom is 0.319 e. The van der Waals surface area contributed by atoms with Crippen molar-refractivity contribution in [2.45, 2.75) is 32.7 Å². The molecule has 0 aliphatic carbocycles. The van der Waals surface area contributed by atoms with E-state index in [0.29, 0.717) is 41.8 Å². The van der Waals surface area contributed by atoms with E-state index in [2.05, 4.69) is 10.6 Å². The van der Waals surface area contributed by atoms with Crippen LogP contribution >= 0.6 is 11.6 Å². The van der Waals surface area contributed by atoms with E-state index in [0.717, 1.165) is 6.42 Å². The molecular formula is C17H25ClN4O2. The van der Waals surface area contributed by atoms with Crippen molar-refractivity contribution in [1.82, 2.24) is 10.2 Å². The van der Waals surface area contributed by atoms with Crippen molar-refractivity contribution in [3.63, 3.8) is 0 Å². The van der Waals surface area contributed by atoms with Gasteiger partial charge in [0.2, 0.25) is 0 Å². The molecule has 1 unspecified atom stereocenters. The molecule has 1 fully saturated rings. The van der Waals surface area contributed by atoms with Crippen LogP contribution in [0.5, 0.6) is 0 Å². The molecule has 24 heavy (non-hydrogen) atoms. The Morgan fingerprint density at radius 1 is 1.38 bits per heavy atom. The molecule has 6 nitrogen and oxygen atoms in total. The van der Waals surface area contributed by atoms with Gasteiger partial charge in [-0.3, -0.25) is 4.79 Å². The molecule has 0 spiro atoms. The average molecular weight is 353 g/mol. The van der Waals surface area contributed by atoms with Crippen LogP contribution in [-0.2, 0) is 0 Å². The van der Waals surface area contributed by atoms with Crippen LogP contribution in [-0.4, -0.2) is 42.0 Å². The summed E-state index contributed by atoms with van der Waals surface area (Å²) >= 11 is 6.18. The molecule has 1 atom stereocenters. The predicted molar refractivity (Wildman–Crippen MR) is 96.4 cm³/mol. The maximum absolute atomic E-state index is 12.7. The highest BCUT2D eigenvalue weighted by atomic mass is 35.5. The van der Waals surface area contributed by atoms with Gasteiger partial charge in [0.1, 0.15) is 0 Å². The summed E-state index contributed by atoms with van der Waals surface area (Å²) in [4.78, 5) is 26.4. The normalized spacial score (nSPS) is 17.7. The third-order valence-corrected chi connectivity index (χ3v) is 4.18. The Hall–Kier alpha value is -1.79. The largest absolute Gasteiger partial charge is 0.338 e. The number of hydrogen-bond donors (Lipinski definition) is 3. The summed E-state index contributed by atoms with van der Waals surface area (Å²) in [5.41, 5.74) is 6.25. The zero-order chi connectivity index (χ0) is 17.9. The highest BCUT2D eigenvalue weighted by molar-refractivity contribution is 6.34. The lowest BCUT2D eigenvalue weighted by molar-refractivity contribution is 0.0788. The third-order valence-electron chi connectivity index (χ3n) is 3.85. The number of nitrogens with one attached hydrogen (secondary N) is 2. The number of nitrogens with zero attached hydrogens (tertiary/aromatic N) is 1. The predicted octanol–water partition coefficient (Wildman–Crippen LogP) is 2.68. The summed E-state index contributed by atoms with van der Waals surface area (Å²) in [5.74, 6) is 0.211. The number of rotatable bonds is 3. The number of nitrogens with two attached hydrogens (primary N) is 1. The molecule has 0 radical (unpaired) electrons. The SMILES string of the molecule is CC(C)(C)NC(=O)Nc1ccc(Cl)c(C(=O)N2CCC(CN)C2)c1. The smallest absolute Gasteiger partial charge is 0.319 e. The van der Waals surface area contributed by atoms with Gasteiger partial charge in [0, 0.05) is 24.3 Å². The van der Waals surface area contributed by atoms with Crippen LogP contribution in [0.25, 0.3) is 0 Å². The molecule has 1 aliphatic heterocycles. The van der Waals surface area contributed by atoms with Crippen LogP contribution in [0.15, 0.2) is 18.2 Å². The molecule has 1 saturated heterocycles. The van der Waals surface area contributed by atoms with Crippen molar-refractivity contribution < 1.29 is 9.59 Å². The molecule has 0 bridgehead atoms. The van der Waals surface area contributed by atoms with Gasteiger partial charge in [-0.05, 0) is 57.9 Å². The number of hydrogen-bond acceptors (Lipinski definition) is 3. The fourth-order valence-corrected chi connectivity index (χ4v) is 2.85. The van der Waals surface area contributed by atoms with E-state index in [9.17, 15) is 9.59 Å². The van der Waals surface area contributed by atoms with Gasteiger partial charge < -0.3 is 21.3 Å². The first-order valence-electron chi connectivity index (χ1n) is 8.07. The fraction of sp³-hybridized carbons (Fsp3) is 0.529. The molecule has 7 heteroatoms. The van der Waals surface area contributed by atoms with Crippen molar-refractivity contribution in [1.29, 1.82) is 0 Å². The van der Waals surface area contributed by atoms with Crippen LogP contribution in [0.4, 0.5) is 10.5 Å². The summed E-state index contributed by atoms with van der Waals surface area (Å²) in [6, 6.07) is 4.59. The second-order valence-electron chi connectivity index (χ2n) is 7.17. The minimum Gasteiger partial charge on any atom is -0.338 e. The van der Waals surface area contributed by atoms with Crippen LogP contribution in [0, 0.1) is 5.92 Å². The molecule has 1 aliphatic rings. The first kappa shape index (κ1) is 18.5. The first-order chi connectivity index (χ1) is 11.2. The Morgan fingerprint density at radius 2 is 2.08 bits per heavy atom. The molecule has 1 heterocycles. The molecule has 132 valence electrons. The molecule has 1 aromatic carbocycles. The zero-order valence-corrected chi connectivity index (χ0v) is 15.1. The first-order valence-corrected chi connectivity index (χ1v) is 8.45. The highest BCUT2D eigenvalue weighted by Gasteiger charge is 2.27. The molecule has 0 aromatic heterocycles. The van der Waals surface area contributed by atoms with Crippen LogP contribution < -0.4 is 16.4 Å². The van der Waals surface area contributed by atoms with Gasteiger partial charge in [0.15, 0.2) is 0 Å². The molecule has 1 aromatic rings. The second-order valence-corrected chi connectivity index (χ2v) is 7.57. The van der Waals surface area contributed by atoms with Crippen molar-refractivity contribution in [3.05, 3.63) is 28.8 Å². The van der Waals surface area contributed by atoms with Gasteiger partial charge in [-0.15, -0.1) is 0 Å². The summed E-state index contributed by atoms with van der Waals surface area (Å²) < 4.78 is 0. The van der Waals surface area contributed by atoms with E-state index in [-0.39, 0.29) is 17.5 Å². The van der Waals surface area contributed by atoms with E-state index in [1.807, 2.05) is 20.8 Å². The van der Waals surface area contributed by atoms with Crippen LogP contribution in [0.2, 0.25) is 5.02 Å². The Morgan fingerprint density at radius 3 is 2.67 bits per heavy atom. The lowest BCUT2D eigenvalue weighted by Crippen LogP contribution is -2.43. The number of likely N-dealkylation sites (tertiary alicyclic amines) is 1. The maximum atomic E-state index is 12.7. The van der Waals surface area contributed by atoms with Gasteiger partial charge in [-0.2, -0.15) is 0 Å². The number of carbonyl (C=O) groups excluding carboxylic acids is 2. The molecular weight excluding hydrogens is 328 g/mol. The fourth-order valence-electron chi connectivity index (χ4n) is 2.65. The van der Waals surface area contributed by atoms with Gasteiger partial charge in [-0.1, -0.05) is 11.6 Å². The number of amides is 3. The minimum atomic E-state index is -0.345. The molecule has 0 saturated carbocycles. The molecule has 3 amide bonds. The summed E-state index contributed by atoms with van der Waals surface area (Å²) in [6.07, 6.45) is 0.909. The molecule has 2 rings (SSSR count). The number of benzene rings is 1. The third kappa shape index (κ3) is 4.85. The summed E-state index contributed by atoms with van der Waals surface area (Å²) in [5, 5.41) is 5.91. The van der Waals surface area contributed by atoms with E-state index in [1.54, 1.807) is 23.1 Å². The topological polar surface area (TPSA) is 87.5 Å². The van der Waals surface area contributed by atoms with E-state index < -0.39 is 0 Å². The van der Waals surface area contributed by atoms with Gasteiger partial charge in [0.25, 0.3) is 5.91 Å². The van der Waals surface area contributed by atoms with Crippen LogP contribution in [0.1, 0.15) is 37.6 Å². The number of carbonyl (C=O) groups is 2. The summed E-state index contributed by atoms with van der Waals surface area (Å²) in [6.45, 7) is 7.58. The van der Waals surface area contributed by atoms with E-state index >= 15 is 0 Å². The second kappa shape index (κ2) is 7.40. The van der Waals surface area contributed by atoms with Crippen molar-refractivity contribution in [2.75, 3.05) is 25.0 Å². The number of urea groups is 1. The van der Waals surface area contributed by atoms with E-state index in [1.165, 1.54) is 0 Å². The highest BCUT2D eigenvalue weighted by Crippen LogP contribution is 2.25. The Kier molecular flexibility index (Phi) is 5.72. The Balaban J connectivity index is 2.11. The van der Waals surface area contributed by atoms with Crippen LogP contribution in [0.3, 0.4) is 0 Å². The van der Waals surface area contributed by atoms with Gasteiger partial charge in [0.05, 0.1) is 10.6 Å². The Labute approximate surface area is 147 Å². The zero-order valence-electron chi connectivity index (χ0n) is 14.4. The lowest BCUT2D eigenvalue weighted by Gasteiger charge is -2.21. The monoisotopic (exact) mass is 352 g/mol. The van der Waals surface area contributed by atoms with E-state index in [4.69, 9.17) is 17.3 Å². The van der Waals surface area contributed by atoms with Gasteiger partial charge >= 0.3 is 6.03 Å². The van der Waals surface area contributed by atoms with Crippen molar-refractivity contribution >= 4 is 29.2 Å². The minimum absolute atomic E-state index is 0.129.